The van der Waals surface area contributed by atoms with E-state index >= 15 is 0 Å². The first kappa shape index (κ1) is 22.5. The lowest BCUT2D eigenvalue weighted by molar-refractivity contribution is 0.557. The van der Waals surface area contributed by atoms with E-state index in [-0.39, 0.29) is 16.9 Å². The van der Waals surface area contributed by atoms with Crippen LogP contribution in [0.4, 0.5) is 4.39 Å². The summed E-state index contributed by atoms with van der Waals surface area (Å²) in [6, 6.07) is 13.4. The lowest BCUT2D eigenvalue weighted by Gasteiger charge is -2.12. The van der Waals surface area contributed by atoms with Gasteiger partial charge in [-0.3, -0.25) is 14.2 Å². The Hall–Kier alpha value is -3.30. The summed E-state index contributed by atoms with van der Waals surface area (Å²) in [4.78, 5) is 38.8. The summed E-state index contributed by atoms with van der Waals surface area (Å²) < 4.78 is 15.0. The largest absolute Gasteiger partial charge is 0.309 e. The fourth-order valence-electron chi connectivity index (χ4n) is 3.81. The van der Waals surface area contributed by atoms with E-state index < -0.39 is 0 Å². The van der Waals surface area contributed by atoms with E-state index in [4.69, 9.17) is 4.98 Å². The maximum Gasteiger partial charge on any atom is 0.262 e. The van der Waals surface area contributed by atoms with Crippen molar-refractivity contribution in [3.05, 3.63) is 86.3 Å². The van der Waals surface area contributed by atoms with Gasteiger partial charge in [-0.05, 0) is 36.2 Å². The molecule has 0 amide bonds. The van der Waals surface area contributed by atoms with Crippen molar-refractivity contribution in [1.29, 1.82) is 0 Å². The van der Waals surface area contributed by atoms with Crippen LogP contribution in [0.2, 0.25) is 0 Å². The summed E-state index contributed by atoms with van der Waals surface area (Å²) in [5, 5.41) is 3.57. The summed E-state index contributed by atoms with van der Waals surface area (Å²) in [7, 11) is 0. The van der Waals surface area contributed by atoms with Crippen molar-refractivity contribution in [2.24, 2.45) is 0 Å². The Morgan fingerprint density at radius 2 is 1.88 bits per heavy atom. The minimum atomic E-state index is -0.325. The van der Waals surface area contributed by atoms with Gasteiger partial charge < -0.3 is 4.98 Å². The van der Waals surface area contributed by atoms with Crippen LogP contribution in [-0.2, 0) is 12.3 Å². The van der Waals surface area contributed by atoms with Crippen LogP contribution in [0.15, 0.2) is 68.7 Å². The maximum atomic E-state index is 13.3. The molecule has 2 aromatic carbocycles. The Bertz CT molecular complexity index is 1610. The molecule has 172 valence electrons. The van der Waals surface area contributed by atoms with Crippen molar-refractivity contribution in [3.8, 4) is 11.1 Å². The summed E-state index contributed by atoms with van der Waals surface area (Å²) in [6.07, 6.45) is 1.83. The predicted octanol–water partition coefficient (Wildman–Crippen LogP) is 5.59. The second-order valence-corrected chi connectivity index (χ2v) is 9.66. The van der Waals surface area contributed by atoms with E-state index in [0.29, 0.717) is 44.4 Å². The number of H-pyrrole nitrogens is 1. The van der Waals surface area contributed by atoms with Gasteiger partial charge in [0, 0.05) is 17.5 Å². The number of fused-ring (bicyclic) bond motifs is 2. The molecule has 1 N–H and O–H groups in total. The van der Waals surface area contributed by atoms with Crippen LogP contribution in [0.5, 0.6) is 0 Å². The molecule has 0 aliphatic carbocycles. The Labute approximate surface area is 202 Å². The third kappa shape index (κ3) is 4.28. The Balaban J connectivity index is 1.48. The van der Waals surface area contributed by atoms with Crippen LogP contribution >= 0.6 is 23.1 Å². The van der Waals surface area contributed by atoms with Crippen molar-refractivity contribution in [1.82, 2.24) is 19.5 Å². The first-order valence-corrected chi connectivity index (χ1v) is 12.8. The minimum Gasteiger partial charge on any atom is -0.309 e. The third-order valence-corrected chi connectivity index (χ3v) is 7.41. The Morgan fingerprint density at radius 1 is 1.09 bits per heavy atom. The molecule has 3 aromatic heterocycles. The molecule has 0 spiro atoms. The molecule has 9 heteroatoms. The molecule has 0 bridgehead atoms. The molecule has 34 heavy (non-hydrogen) atoms. The molecule has 0 saturated carbocycles. The number of thioether (sulfide) groups is 1. The van der Waals surface area contributed by atoms with Gasteiger partial charge in [0.05, 0.1) is 22.0 Å². The topological polar surface area (TPSA) is 80.6 Å². The summed E-state index contributed by atoms with van der Waals surface area (Å²) in [5.74, 6) is 0.556. The first-order valence-electron chi connectivity index (χ1n) is 10.9. The number of unbranched alkanes of at least 4 members (excludes halogenated alkanes) is 1. The van der Waals surface area contributed by atoms with Crippen LogP contribution in [0, 0.1) is 5.82 Å². The molecular formula is C25H21FN4O2S2. The number of para-hydroxylation sites is 1. The van der Waals surface area contributed by atoms with E-state index in [1.165, 1.54) is 35.2 Å². The number of nitrogens with one attached hydrogen (secondary N) is 1. The van der Waals surface area contributed by atoms with Crippen molar-refractivity contribution in [2.45, 2.75) is 37.2 Å². The second kappa shape index (κ2) is 9.52. The second-order valence-electron chi connectivity index (χ2n) is 7.86. The maximum absolute atomic E-state index is 13.3. The lowest BCUT2D eigenvalue weighted by Crippen LogP contribution is -2.23. The van der Waals surface area contributed by atoms with Gasteiger partial charge in [-0.1, -0.05) is 49.4 Å². The van der Waals surface area contributed by atoms with Crippen molar-refractivity contribution >= 4 is 44.2 Å². The van der Waals surface area contributed by atoms with E-state index in [1.807, 2.05) is 23.6 Å². The molecule has 0 atom stereocenters. The summed E-state index contributed by atoms with van der Waals surface area (Å²) in [6.45, 7) is 2.67. The number of nitrogens with zero attached hydrogens (tertiary/aromatic N) is 3. The zero-order valence-corrected chi connectivity index (χ0v) is 20.0. The van der Waals surface area contributed by atoms with E-state index in [2.05, 4.69) is 16.9 Å². The molecule has 3 heterocycles. The van der Waals surface area contributed by atoms with Crippen LogP contribution in [0.3, 0.4) is 0 Å². The zero-order valence-electron chi connectivity index (χ0n) is 18.4. The Kier molecular flexibility index (Phi) is 6.30. The fourth-order valence-corrected chi connectivity index (χ4v) is 5.67. The lowest BCUT2D eigenvalue weighted by atomic mass is 10.1. The number of aromatic amines is 1. The van der Waals surface area contributed by atoms with Gasteiger partial charge >= 0.3 is 0 Å². The van der Waals surface area contributed by atoms with E-state index in [1.54, 1.807) is 22.8 Å². The highest BCUT2D eigenvalue weighted by Gasteiger charge is 2.15. The number of aromatic nitrogens is 4. The number of benzene rings is 2. The number of hydrogen-bond acceptors (Lipinski definition) is 6. The molecular weight excluding hydrogens is 471 g/mol. The normalized spacial score (nSPS) is 11.5. The van der Waals surface area contributed by atoms with E-state index in [9.17, 15) is 14.0 Å². The number of hydrogen-bond donors (Lipinski definition) is 1. The third-order valence-electron chi connectivity index (χ3n) is 5.55. The van der Waals surface area contributed by atoms with Crippen molar-refractivity contribution in [3.63, 3.8) is 0 Å². The smallest absolute Gasteiger partial charge is 0.262 e. The molecule has 0 unspecified atom stereocenters. The molecule has 0 radical (unpaired) electrons. The number of thiophene rings is 1. The van der Waals surface area contributed by atoms with E-state index in [0.717, 1.165) is 24.0 Å². The van der Waals surface area contributed by atoms with Gasteiger partial charge in [0.1, 0.15) is 16.5 Å². The standard InChI is InChI=1S/C25H21FN4O2S2/c1-2-3-12-30-24(32)17-6-4-5-7-19(17)27-25(30)34-14-20-28-22(31)21-18(13-33-23(21)29-20)15-8-10-16(26)11-9-15/h4-11,13H,2-3,12,14H2,1H3,(H,28,29,31). The molecule has 5 rings (SSSR count). The first-order chi connectivity index (χ1) is 16.5. The highest BCUT2D eigenvalue weighted by molar-refractivity contribution is 7.98. The summed E-state index contributed by atoms with van der Waals surface area (Å²) in [5.41, 5.74) is 1.86. The van der Waals surface area contributed by atoms with Crippen molar-refractivity contribution in [2.75, 3.05) is 0 Å². The molecule has 5 aromatic rings. The molecule has 0 fully saturated rings. The summed E-state index contributed by atoms with van der Waals surface area (Å²) >= 11 is 2.76. The number of rotatable bonds is 7. The predicted molar refractivity (Wildman–Crippen MR) is 136 cm³/mol. The van der Waals surface area contributed by atoms with Gasteiger partial charge in [-0.2, -0.15) is 0 Å². The molecule has 6 nitrogen and oxygen atoms in total. The SMILES string of the molecule is CCCCn1c(SCc2nc3scc(-c4ccc(F)cc4)c3c(=O)[nH]2)nc2ccccc2c1=O. The van der Waals surface area contributed by atoms with Gasteiger partial charge in [0.2, 0.25) is 0 Å². The van der Waals surface area contributed by atoms with Crippen LogP contribution in [0.25, 0.3) is 32.2 Å². The van der Waals surface area contributed by atoms with Crippen LogP contribution in [0.1, 0.15) is 25.6 Å². The highest BCUT2D eigenvalue weighted by Crippen LogP contribution is 2.31. The minimum absolute atomic E-state index is 0.0550. The monoisotopic (exact) mass is 492 g/mol. The van der Waals surface area contributed by atoms with Crippen molar-refractivity contribution < 1.29 is 4.39 Å². The quantitative estimate of drug-likeness (QED) is 0.237. The van der Waals surface area contributed by atoms with Crippen LogP contribution in [-0.4, -0.2) is 19.5 Å². The van der Waals surface area contributed by atoms with Crippen LogP contribution < -0.4 is 11.1 Å². The molecule has 0 saturated heterocycles. The highest BCUT2D eigenvalue weighted by atomic mass is 32.2. The Morgan fingerprint density at radius 3 is 2.68 bits per heavy atom. The van der Waals surface area contributed by atoms with Gasteiger partial charge in [0.15, 0.2) is 5.16 Å². The average Bonchev–Trinajstić information content (AvgIpc) is 3.27. The van der Waals surface area contributed by atoms with Gasteiger partial charge in [-0.25, -0.2) is 14.4 Å². The molecule has 0 aliphatic rings. The average molecular weight is 493 g/mol. The zero-order chi connectivity index (χ0) is 23.7. The number of halogens is 1. The molecule has 0 aliphatic heterocycles. The fraction of sp³-hybridized carbons (Fsp3) is 0.200. The van der Waals surface area contributed by atoms with Gasteiger partial charge in [0.25, 0.3) is 11.1 Å². The van der Waals surface area contributed by atoms with Gasteiger partial charge in [-0.15, -0.1) is 11.3 Å².